The maximum atomic E-state index is 13.5. The summed E-state index contributed by atoms with van der Waals surface area (Å²) in [6, 6.07) is 2.12. The first-order valence-electron chi connectivity index (χ1n) is 5.49. The van der Waals surface area contributed by atoms with Crippen molar-refractivity contribution in [3.05, 3.63) is 24.0 Å². The Hall–Kier alpha value is -1.48. The number of thioether (sulfide) groups is 1. The van der Waals surface area contributed by atoms with E-state index in [0.717, 1.165) is 12.1 Å². The standard InChI is InChI=1S/C11H12F4N2O2S/c1-2-19-6-16-10(18)17-9-4-3-7(5-8(9)12)20-11(13,14)15/h3-5H,2,6H2,1H3,(H2,16,17,18). The molecule has 0 saturated carbocycles. The average Bonchev–Trinajstić information content (AvgIpc) is 2.31. The molecule has 0 bridgehead atoms. The van der Waals surface area contributed by atoms with Crippen LogP contribution in [-0.2, 0) is 4.74 Å². The third-order valence-corrected chi connectivity index (χ3v) is 2.68. The van der Waals surface area contributed by atoms with Crippen LogP contribution in [0.1, 0.15) is 6.92 Å². The summed E-state index contributed by atoms with van der Waals surface area (Å²) in [6.07, 6.45) is 0. The molecule has 0 aliphatic rings. The van der Waals surface area contributed by atoms with Gasteiger partial charge in [0.05, 0.1) is 5.69 Å². The lowest BCUT2D eigenvalue weighted by atomic mass is 10.3. The Bertz CT molecular complexity index is 468. The van der Waals surface area contributed by atoms with Gasteiger partial charge in [0.1, 0.15) is 12.5 Å². The van der Waals surface area contributed by atoms with Gasteiger partial charge < -0.3 is 15.4 Å². The monoisotopic (exact) mass is 312 g/mol. The summed E-state index contributed by atoms with van der Waals surface area (Å²) >= 11 is -0.429. The molecule has 0 heterocycles. The second-order valence-corrected chi connectivity index (χ2v) is 4.60. The number of carbonyl (C=O) groups is 1. The predicted octanol–water partition coefficient (Wildman–Crippen LogP) is 3.55. The van der Waals surface area contributed by atoms with E-state index in [2.05, 4.69) is 10.6 Å². The molecule has 9 heteroatoms. The molecule has 0 unspecified atom stereocenters. The van der Waals surface area contributed by atoms with Crippen molar-refractivity contribution in [2.24, 2.45) is 0 Å². The zero-order valence-corrected chi connectivity index (χ0v) is 11.2. The van der Waals surface area contributed by atoms with E-state index in [9.17, 15) is 22.4 Å². The maximum absolute atomic E-state index is 13.5. The number of ether oxygens (including phenoxy) is 1. The highest BCUT2D eigenvalue weighted by molar-refractivity contribution is 8.00. The van der Waals surface area contributed by atoms with Gasteiger partial charge in [0.2, 0.25) is 0 Å². The second-order valence-electron chi connectivity index (χ2n) is 3.46. The van der Waals surface area contributed by atoms with E-state index in [0.29, 0.717) is 12.7 Å². The number of hydrogen-bond donors (Lipinski definition) is 2. The molecule has 1 aromatic carbocycles. The molecular formula is C11H12F4N2O2S. The van der Waals surface area contributed by atoms with Gasteiger partial charge in [-0.25, -0.2) is 9.18 Å². The molecule has 0 fully saturated rings. The summed E-state index contributed by atoms with van der Waals surface area (Å²) in [5.41, 5.74) is -4.71. The molecule has 112 valence electrons. The molecule has 1 aromatic rings. The molecule has 20 heavy (non-hydrogen) atoms. The quantitative estimate of drug-likeness (QED) is 0.378. The van der Waals surface area contributed by atoms with Crippen LogP contribution < -0.4 is 10.6 Å². The van der Waals surface area contributed by atoms with Crippen LogP contribution in [0, 0.1) is 5.82 Å². The van der Waals surface area contributed by atoms with Crippen LogP contribution in [0.5, 0.6) is 0 Å². The lowest BCUT2D eigenvalue weighted by Crippen LogP contribution is -2.31. The molecular weight excluding hydrogens is 300 g/mol. The summed E-state index contributed by atoms with van der Waals surface area (Å²) < 4.78 is 54.7. The number of benzene rings is 1. The zero-order chi connectivity index (χ0) is 15.2. The first-order valence-corrected chi connectivity index (χ1v) is 6.31. The number of carbonyl (C=O) groups excluding carboxylic acids is 1. The van der Waals surface area contributed by atoms with Crippen molar-refractivity contribution in [1.29, 1.82) is 0 Å². The largest absolute Gasteiger partial charge is 0.446 e. The number of hydrogen-bond acceptors (Lipinski definition) is 3. The van der Waals surface area contributed by atoms with Crippen molar-refractivity contribution in [3.63, 3.8) is 0 Å². The summed E-state index contributed by atoms with van der Waals surface area (Å²) in [5, 5.41) is 4.45. The van der Waals surface area contributed by atoms with Gasteiger partial charge in [-0.1, -0.05) is 0 Å². The number of alkyl halides is 3. The number of amides is 2. The summed E-state index contributed by atoms with van der Waals surface area (Å²) in [4.78, 5) is 11.0. The van der Waals surface area contributed by atoms with Gasteiger partial charge in [0, 0.05) is 11.5 Å². The minimum atomic E-state index is -4.49. The van der Waals surface area contributed by atoms with Crippen LogP contribution in [-0.4, -0.2) is 24.9 Å². The normalized spacial score (nSPS) is 11.2. The van der Waals surface area contributed by atoms with E-state index in [1.807, 2.05) is 0 Å². The molecule has 1 rings (SSSR count). The van der Waals surface area contributed by atoms with E-state index in [4.69, 9.17) is 4.74 Å². The molecule has 0 atom stereocenters. The van der Waals surface area contributed by atoms with Crippen LogP contribution in [0.3, 0.4) is 0 Å². The van der Waals surface area contributed by atoms with Crippen molar-refractivity contribution in [2.75, 3.05) is 18.7 Å². The van der Waals surface area contributed by atoms with E-state index >= 15 is 0 Å². The Morgan fingerprint density at radius 1 is 1.40 bits per heavy atom. The second kappa shape index (κ2) is 7.34. The minimum absolute atomic E-state index is 0.0496. The number of nitrogens with one attached hydrogen (secondary N) is 2. The Labute approximate surface area is 116 Å². The smallest absolute Gasteiger partial charge is 0.361 e. The van der Waals surface area contributed by atoms with Gasteiger partial charge in [0.25, 0.3) is 0 Å². The van der Waals surface area contributed by atoms with Crippen molar-refractivity contribution < 1.29 is 27.1 Å². The Morgan fingerprint density at radius 3 is 2.65 bits per heavy atom. The number of anilines is 1. The predicted molar refractivity (Wildman–Crippen MR) is 67.0 cm³/mol. The Kier molecular flexibility index (Phi) is 6.08. The van der Waals surface area contributed by atoms with Gasteiger partial charge in [-0.3, -0.25) is 0 Å². The Morgan fingerprint density at radius 2 is 2.10 bits per heavy atom. The molecule has 4 nitrogen and oxygen atoms in total. The van der Waals surface area contributed by atoms with Gasteiger partial charge in [-0.2, -0.15) is 13.2 Å². The Balaban J connectivity index is 2.62. The fourth-order valence-corrected chi connectivity index (χ4v) is 1.75. The first-order chi connectivity index (χ1) is 9.31. The topological polar surface area (TPSA) is 50.4 Å². The lowest BCUT2D eigenvalue weighted by Gasteiger charge is -2.10. The van der Waals surface area contributed by atoms with Crippen molar-refractivity contribution >= 4 is 23.5 Å². The molecule has 2 amide bonds. The van der Waals surface area contributed by atoms with Gasteiger partial charge in [-0.15, -0.1) is 0 Å². The molecule has 0 aromatic heterocycles. The molecule has 0 saturated heterocycles. The molecule has 0 aliphatic heterocycles. The van der Waals surface area contributed by atoms with Crippen LogP contribution >= 0.6 is 11.8 Å². The average molecular weight is 312 g/mol. The molecule has 0 aliphatic carbocycles. The third-order valence-electron chi connectivity index (χ3n) is 1.96. The van der Waals surface area contributed by atoms with E-state index in [-0.39, 0.29) is 17.3 Å². The zero-order valence-electron chi connectivity index (χ0n) is 10.4. The fraction of sp³-hybridized carbons (Fsp3) is 0.364. The van der Waals surface area contributed by atoms with E-state index < -0.39 is 29.1 Å². The van der Waals surface area contributed by atoms with E-state index in [1.165, 1.54) is 0 Å². The number of urea groups is 1. The van der Waals surface area contributed by atoms with Crippen molar-refractivity contribution in [1.82, 2.24) is 5.32 Å². The molecule has 0 spiro atoms. The molecule has 0 radical (unpaired) electrons. The molecule has 2 N–H and O–H groups in total. The van der Waals surface area contributed by atoms with Crippen LogP contribution in [0.4, 0.5) is 28.0 Å². The van der Waals surface area contributed by atoms with Gasteiger partial charge >= 0.3 is 11.5 Å². The van der Waals surface area contributed by atoms with Gasteiger partial charge in [0.15, 0.2) is 0 Å². The highest BCUT2D eigenvalue weighted by Gasteiger charge is 2.29. The fourth-order valence-electron chi connectivity index (χ4n) is 1.18. The highest BCUT2D eigenvalue weighted by atomic mass is 32.2. The van der Waals surface area contributed by atoms with Crippen LogP contribution in [0.25, 0.3) is 0 Å². The van der Waals surface area contributed by atoms with Crippen molar-refractivity contribution in [2.45, 2.75) is 17.3 Å². The maximum Gasteiger partial charge on any atom is 0.446 e. The third kappa shape index (κ3) is 6.11. The summed E-state index contributed by atoms with van der Waals surface area (Å²) in [6.45, 7) is 2.08. The summed E-state index contributed by atoms with van der Waals surface area (Å²) in [5.74, 6) is -0.953. The van der Waals surface area contributed by atoms with Crippen LogP contribution in [0.15, 0.2) is 23.1 Å². The van der Waals surface area contributed by atoms with Gasteiger partial charge in [-0.05, 0) is 36.9 Å². The highest BCUT2D eigenvalue weighted by Crippen LogP contribution is 2.37. The minimum Gasteiger partial charge on any atom is -0.361 e. The van der Waals surface area contributed by atoms with Crippen molar-refractivity contribution in [3.8, 4) is 0 Å². The lowest BCUT2D eigenvalue weighted by molar-refractivity contribution is -0.0328. The number of rotatable bonds is 5. The number of halogens is 4. The SMILES string of the molecule is CCOCNC(=O)Nc1ccc(SC(F)(F)F)cc1F. The van der Waals surface area contributed by atoms with E-state index in [1.54, 1.807) is 6.92 Å². The summed E-state index contributed by atoms with van der Waals surface area (Å²) in [7, 11) is 0. The van der Waals surface area contributed by atoms with Crippen LogP contribution in [0.2, 0.25) is 0 Å². The first kappa shape index (κ1) is 16.6.